The van der Waals surface area contributed by atoms with Gasteiger partial charge in [-0.25, -0.2) is 0 Å². The summed E-state index contributed by atoms with van der Waals surface area (Å²) in [4.78, 5) is 25.0. The minimum absolute atomic E-state index is 0.0402. The van der Waals surface area contributed by atoms with Crippen molar-refractivity contribution < 1.29 is 32.7 Å². The summed E-state index contributed by atoms with van der Waals surface area (Å²) in [5.41, 5.74) is 0.467. The number of hydrogen-bond acceptors (Lipinski definition) is 7. The highest BCUT2D eigenvalue weighted by atomic mass is 28.4. The lowest BCUT2D eigenvalue weighted by Crippen LogP contribution is -2.51. The van der Waals surface area contributed by atoms with Crippen LogP contribution in [0.25, 0.3) is 0 Å². The van der Waals surface area contributed by atoms with Crippen molar-refractivity contribution in [1.29, 1.82) is 0 Å². The fourth-order valence-electron chi connectivity index (χ4n) is 3.84. The van der Waals surface area contributed by atoms with Crippen LogP contribution in [-0.2, 0) is 32.7 Å². The minimum Gasteiger partial charge on any atom is -0.465 e. The van der Waals surface area contributed by atoms with Gasteiger partial charge >= 0.3 is 11.9 Å². The summed E-state index contributed by atoms with van der Waals surface area (Å²) < 4.78 is 30.2. The van der Waals surface area contributed by atoms with Gasteiger partial charge in [-0.15, -0.1) is 0 Å². The maximum Gasteiger partial charge on any atom is 0.320 e. The molecule has 9 heteroatoms. The van der Waals surface area contributed by atoms with Crippen LogP contribution in [-0.4, -0.2) is 66.7 Å². The van der Waals surface area contributed by atoms with Crippen molar-refractivity contribution in [1.82, 2.24) is 0 Å². The van der Waals surface area contributed by atoms with Gasteiger partial charge in [0.2, 0.25) is 0 Å². The van der Waals surface area contributed by atoms with E-state index in [4.69, 9.17) is 23.1 Å². The first-order valence-electron chi connectivity index (χ1n) is 14.9. The van der Waals surface area contributed by atoms with Gasteiger partial charge in [-0.3, -0.25) is 9.59 Å². The van der Waals surface area contributed by atoms with Crippen LogP contribution in [0.3, 0.4) is 0 Å². The standard InChI is InChI=1S/C31H58O7Si2/c1-14-34-27(32)25(28(33)35-15-2)17-16-21-31(9)26(38-40(12,13)30(6,7)8)19-18-24(23-36-31)20-22-37-39(10,11)29(3,4)5/h16,20-21,25-26H,14-15,17-19,22-23H2,1-13H3/b21-16+,24-20+/t26-,31+/m1/s1. The number of ether oxygens (including phenoxy) is 3. The second-order valence-corrected chi connectivity index (χ2v) is 23.6. The Balaban J connectivity index is 3.24. The fourth-order valence-corrected chi connectivity index (χ4v) is 6.19. The smallest absolute Gasteiger partial charge is 0.320 e. The zero-order valence-electron chi connectivity index (χ0n) is 27.7. The molecule has 0 aromatic carbocycles. The molecule has 0 amide bonds. The molecule has 1 aliphatic rings. The van der Waals surface area contributed by atoms with E-state index in [2.05, 4.69) is 73.8 Å². The summed E-state index contributed by atoms with van der Waals surface area (Å²) in [6.45, 7) is 29.4. The highest BCUT2D eigenvalue weighted by molar-refractivity contribution is 6.74. The van der Waals surface area contributed by atoms with Crippen LogP contribution in [0.15, 0.2) is 23.8 Å². The Morgan fingerprint density at radius 1 is 0.975 bits per heavy atom. The topological polar surface area (TPSA) is 80.3 Å². The second-order valence-electron chi connectivity index (χ2n) is 14.0. The lowest BCUT2D eigenvalue weighted by atomic mass is 9.93. The van der Waals surface area contributed by atoms with Gasteiger partial charge in [0.15, 0.2) is 22.6 Å². The van der Waals surface area contributed by atoms with Crippen LogP contribution in [0.2, 0.25) is 36.3 Å². The summed E-state index contributed by atoms with van der Waals surface area (Å²) in [6, 6.07) is 0. The number of esters is 2. The molecule has 0 saturated carbocycles. The first-order valence-corrected chi connectivity index (χ1v) is 20.7. The van der Waals surface area contributed by atoms with Crippen LogP contribution >= 0.6 is 0 Å². The predicted octanol–water partition coefficient (Wildman–Crippen LogP) is 7.58. The van der Waals surface area contributed by atoms with Crippen molar-refractivity contribution in [3.63, 3.8) is 0 Å². The largest absolute Gasteiger partial charge is 0.465 e. The third-order valence-corrected chi connectivity index (χ3v) is 17.8. The SMILES string of the molecule is CCOC(=O)C(C/C=C/[C@]1(C)OC/C(=C/CO[Si](C)(C)C(C)(C)C)CC[C@H]1O[Si](C)(C)C(C)(C)C)C(=O)OCC. The Hall–Kier alpha value is -1.27. The molecule has 0 unspecified atom stereocenters. The fraction of sp³-hybridized carbons (Fsp3) is 0.806. The normalized spacial score (nSPS) is 22.6. The number of hydrogen-bond donors (Lipinski definition) is 0. The van der Waals surface area contributed by atoms with Gasteiger partial charge in [0.05, 0.1) is 32.5 Å². The van der Waals surface area contributed by atoms with Gasteiger partial charge in [0.1, 0.15) is 5.60 Å². The first kappa shape index (κ1) is 36.8. The molecular formula is C31H58O7Si2. The molecule has 0 aromatic heterocycles. The maximum atomic E-state index is 12.5. The van der Waals surface area contributed by atoms with Crippen LogP contribution < -0.4 is 0 Å². The van der Waals surface area contributed by atoms with E-state index in [0.29, 0.717) is 13.2 Å². The molecule has 0 N–H and O–H groups in total. The Bertz CT molecular complexity index is 878. The quantitative estimate of drug-likeness (QED) is 0.0991. The van der Waals surface area contributed by atoms with E-state index in [-0.39, 0.29) is 35.8 Å². The van der Waals surface area contributed by atoms with Crippen molar-refractivity contribution in [3.8, 4) is 0 Å². The average Bonchev–Trinajstić information content (AvgIpc) is 2.94. The molecule has 1 rings (SSSR count). The summed E-state index contributed by atoms with van der Waals surface area (Å²) in [6.07, 6.45) is 7.64. The van der Waals surface area contributed by atoms with Crippen LogP contribution in [0, 0.1) is 5.92 Å². The Morgan fingerprint density at radius 2 is 1.50 bits per heavy atom. The van der Waals surface area contributed by atoms with E-state index in [9.17, 15) is 9.59 Å². The molecule has 0 bridgehead atoms. The molecule has 1 aliphatic heterocycles. The lowest BCUT2D eigenvalue weighted by Gasteiger charge is -2.43. The first-order chi connectivity index (χ1) is 18.2. The molecule has 0 aromatic rings. The number of rotatable bonds is 12. The van der Waals surface area contributed by atoms with Crippen molar-refractivity contribution in [2.45, 2.75) is 130 Å². The second kappa shape index (κ2) is 14.8. The minimum atomic E-state index is -2.12. The zero-order valence-corrected chi connectivity index (χ0v) is 29.7. The summed E-state index contributed by atoms with van der Waals surface area (Å²) >= 11 is 0. The van der Waals surface area contributed by atoms with E-state index in [1.165, 1.54) is 5.57 Å². The molecular weight excluding hydrogens is 541 g/mol. The van der Waals surface area contributed by atoms with E-state index in [1.807, 2.05) is 19.1 Å². The zero-order chi connectivity index (χ0) is 31.0. The summed E-state index contributed by atoms with van der Waals surface area (Å²) in [5, 5.41) is 0.195. The van der Waals surface area contributed by atoms with Gasteiger partial charge in [-0.2, -0.15) is 0 Å². The van der Waals surface area contributed by atoms with Crippen molar-refractivity contribution >= 4 is 28.6 Å². The summed E-state index contributed by atoms with van der Waals surface area (Å²) in [7, 11) is -3.96. The van der Waals surface area contributed by atoms with Crippen LogP contribution in [0.5, 0.6) is 0 Å². The van der Waals surface area contributed by atoms with E-state index < -0.39 is 40.1 Å². The van der Waals surface area contributed by atoms with Crippen molar-refractivity contribution in [2.75, 3.05) is 26.4 Å². The Labute approximate surface area is 246 Å². The van der Waals surface area contributed by atoms with Gasteiger partial charge in [-0.1, -0.05) is 59.8 Å². The maximum absolute atomic E-state index is 12.5. The summed E-state index contributed by atoms with van der Waals surface area (Å²) in [5.74, 6) is -2.15. The van der Waals surface area contributed by atoms with Crippen LogP contribution in [0.1, 0.15) is 81.6 Å². The van der Waals surface area contributed by atoms with E-state index in [1.54, 1.807) is 13.8 Å². The van der Waals surface area contributed by atoms with Gasteiger partial charge in [0, 0.05) is 0 Å². The highest BCUT2D eigenvalue weighted by Gasteiger charge is 2.45. The molecule has 1 heterocycles. The van der Waals surface area contributed by atoms with Gasteiger partial charge < -0.3 is 23.1 Å². The number of allylic oxidation sites excluding steroid dienone is 1. The van der Waals surface area contributed by atoms with Gasteiger partial charge in [-0.05, 0) is 81.9 Å². The molecule has 0 radical (unpaired) electrons. The van der Waals surface area contributed by atoms with E-state index in [0.717, 1.165) is 12.8 Å². The molecule has 7 nitrogen and oxygen atoms in total. The highest BCUT2D eigenvalue weighted by Crippen LogP contribution is 2.41. The third kappa shape index (κ3) is 10.5. The predicted molar refractivity (Wildman–Crippen MR) is 167 cm³/mol. The van der Waals surface area contributed by atoms with Crippen LogP contribution in [0.4, 0.5) is 0 Å². The molecule has 0 spiro atoms. The number of carbonyl (C=O) groups excluding carboxylic acids is 2. The molecule has 232 valence electrons. The third-order valence-electron chi connectivity index (χ3n) is 8.76. The monoisotopic (exact) mass is 598 g/mol. The Kier molecular flexibility index (Phi) is 13.6. The van der Waals surface area contributed by atoms with Crippen molar-refractivity contribution in [3.05, 3.63) is 23.8 Å². The Morgan fingerprint density at radius 3 is 1.98 bits per heavy atom. The molecule has 0 aliphatic carbocycles. The van der Waals surface area contributed by atoms with E-state index >= 15 is 0 Å². The van der Waals surface area contributed by atoms with Crippen molar-refractivity contribution in [2.24, 2.45) is 5.92 Å². The average molecular weight is 599 g/mol. The molecule has 40 heavy (non-hydrogen) atoms. The number of carbonyl (C=O) groups is 2. The van der Waals surface area contributed by atoms with Gasteiger partial charge in [0.25, 0.3) is 0 Å². The lowest BCUT2D eigenvalue weighted by molar-refractivity contribution is -0.161. The molecule has 1 fully saturated rings. The molecule has 1 saturated heterocycles. The molecule has 2 atom stereocenters.